The monoisotopic (exact) mass is 950 g/mol. The van der Waals surface area contributed by atoms with Gasteiger partial charge in [-0.2, -0.15) is 5.26 Å². The molecule has 350 valence electrons. The maximum Gasteiger partial charge on any atom is 0.261 e. The summed E-state index contributed by atoms with van der Waals surface area (Å²) in [6.45, 7) is 21.2. The number of nitriles is 1. The summed E-state index contributed by atoms with van der Waals surface area (Å²) in [6.07, 6.45) is 8.14. The molecule has 6 aromatic rings. The molecule has 0 bridgehead atoms. The van der Waals surface area contributed by atoms with Gasteiger partial charge in [0.2, 0.25) is 0 Å². The number of hydrogen-bond donors (Lipinski definition) is 0. The Labute approximate surface area is 414 Å². The Morgan fingerprint density at radius 3 is 1.38 bits per heavy atom. The Kier molecular flexibility index (Phi) is 16.5. The van der Waals surface area contributed by atoms with Crippen molar-refractivity contribution in [1.29, 1.82) is 5.26 Å². The van der Waals surface area contributed by atoms with Crippen molar-refractivity contribution < 1.29 is 8.85 Å². The summed E-state index contributed by atoms with van der Waals surface area (Å²) in [5, 5.41) is 14.7. The van der Waals surface area contributed by atoms with Crippen LogP contribution in [-0.4, -0.2) is 42.9 Å². The zero-order valence-electron chi connectivity index (χ0n) is 41.5. The molecule has 0 aliphatic heterocycles. The fraction of sp³-hybridized carbons (Fsp3) is 0.295. The molecule has 4 nitrogen and oxygen atoms in total. The third-order valence-corrected chi connectivity index (χ3v) is 24.7. The zero-order chi connectivity index (χ0) is 48.3. The zero-order valence-corrected chi connectivity index (χ0v) is 44.4. The lowest BCUT2D eigenvalue weighted by atomic mass is 9.75. The van der Waals surface area contributed by atoms with Gasteiger partial charge in [0.25, 0.3) is 16.6 Å². The number of rotatable bonds is 18. The minimum Gasteiger partial charge on any atom is -0.406 e. The summed E-state index contributed by atoms with van der Waals surface area (Å²) >= 11 is 1.85. The average Bonchev–Trinajstić information content (AvgIpc) is 3.33. The first-order chi connectivity index (χ1) is 32.7. The van der Waals surface area contributed by atoms with Gasteiger partial charge >= 0.3 is 0 Å². The summed E-state index contributed by atoms with van der Waals surface area (Å²) in [6, 6.07) is 65.7. The molecule has 7 rings (SSSR count). The van der Waals surface area contributed by atoms with Gasteiger partial charge in [0, 0.05) is 35.5 Å². The van der Waals surface area contributed by atoms with E-state index in [1.807, 2.05) is 11.8 Å². The van der Waals surface area contributed by atoms with E-state index in [9.17, 15) is 5.26 Å². The first kappa shape index (κ1) is 50.4. The molecule has 7 heteroatoms. The summed E-state index contributed by atoms with van der Waals surface area (Å²) in [5.74, 6) is 0.862. The van der Waals surface area contributed by atoms with E-state index >= 15 is 0 Å². The van der Waals surface area contributed by atoms with Gasteiger partial charge in [-0.15, -0.1) is 11.8 Å². The number of nitrogens with zero attached hydrogens (tertiary/aromatic N) is 2. The van der Waals surface area contributed by atoms with Crippen molar-refractivity contribution in [2.45, 2.75) is 84.1 Å². The standard InChI is InChI=1S/C61H70N2O2SSi2/c1-59(2,3)67(54-26-16-10-17-27-54,55-28-18-11-19-29-55)64-44-42-63(43-45-65-68(60(4,5)6,56-30-20-12-21-31-56)57-32-22-13-23-33-57)53-38-35-49(36-39-53)34-37-51-46-61(7,8)47-52(40-41-62)58(51)66-48-50-24-14-9-15-25-50/h9-40H,42-48H2,1-8H3/b37-34+,52-40+. The van der Waals surface area contributed by atoms with Crippen molar-refractivity contribution in [2.75, 3.05) is 31.2 Å². The SMILES string of the molecule is CC1(C)CC(/C=C/c2ccc(N(CCO[Si](c3ccccc3)(c3ccccc3)C(C)(C)C)CCO[Si](c3ccccc3)(c3ccccc3)C(C)(C)C)cc2)=C(SCc2ccccc2)C(=C/C#N)/C1. The van der Waals surface area contributed by atoms with E-state index in [0.29, 0.717) is 26.3 Å². The number of anilines is 1. The maximum atomic E-state index is 9.83. The predicted molar refractivity (Wildman–Crippen MR) is 296 cm³/mol. The number of hydrogen-bond acceptors (Lipinski definition) is 5. The molecular formula is C61H70N2O2SSi2. The molecule has 0 spiro atoms. The van der Waals surface area contributed by atoms with Gasteiger partial charge in [-0.1, -0.05) is 231 Å². The highest BCUT2D eigenvalue weighted by atomic mass is 32.2. The topological polar surface area (TPSA) is 45.5 Å². The van der Waals surface area contributed by atoms with Gasteiger partial charge in [-0.3, -0.25) is 0 Å². The quantitative estimate of drug-likeness (QED) is 0.0634. The Hall–Kier alpha value is -5.47. The Balaban J connectivity index is 1.22. The molecule has 0 saturated heterocycles. The molecule has 0 fully saturated rings. The Bertz CT molecular complexity index is 2480. The molecule has 1 aliphatic rings. The second kappa shape index (κ2) is 22.3. The van der Waals surface area contributed by atoms with Crippen LogP contribution in [0.1, 0.15) is 79.4 Å². The first-order valence-corrected chi connectivity index (χ1v) is 29.0. The second-order valence-electron chi connectivity index (χ2n) is 20.9. The molecule has 0 unspecified atom stereocenters. The van der Waals surface area contributed by atoms with Crippen LogP contribution in [0.3, 0.4) is 0 Å². The molecule has 6 aromatic carbocycles. The van der Waals surface area contributed by atoms with E-state index in [0.717, 1.165) is 35.4 Å². The van der Waals surface area contributed by atoms with E-state index < -0.39 is 16.6 Å². The molecule has 0 saturated carbocycles. The van der Waals surface area contributed by atoms with Crippen LogP contribution in [0.4, 0.5) is 5.69 Å². The molecule has 0 heterocycles. The van der Waals surface area contributed by atoms with Crippen LogP contribution in [0.15, 0.2) is 204 Å². The summed E-state index contributed by atoms with van der Waals surface area (Å²) in [7, 11) is -5.53. The largest absolute Gasteiger partial charge is 0.406 e. The Morgan fingerprint density at radius 2 is 0.985 bits per heavy atom. The van der Waals surface area contributed by atoms with E-state index in [-0.39, 0.29) is 15.5 Å². The van der Waals surface area contributed by atoms with Crippen LogP contribution in [0.25, 0.3) is 6.08 Å². The first-order valence-electron chi connectivity index (χ1n) is 24.2. The highest BCUT2D eigenvalue weighted by Crippen LogP contribution is 2.47. The van der Waals surface area contributed by atoms with Crippen molar-refractivity contribution in [3.05, 3.63) is 215 Å². The maximum absolute atomic E-state index is 9.83. The van der Waals surface area contributed by atoms with Crippen molar-refractivity contribution in [2.24, 2.45) is 5.41 Å². The van der Waals surface area contributed by atoms with E-state index in [4.69, 9.17) is 8.85 Å². The fourth-order valence-corrected chi connectivity index (χ4v) is 20.5. The minimum atomic E-state index is -2.77. The highest BCUT2D eigenvalue weighted by Gasteiger charge is 2.51. The van der Waals surface area contributed by atoms with Crippen molar-refractivity contribution in [1.82, 2.24) is 0 Å². The van der Waals surface area contributed by atoms with Crippen LogP contribution < -0.4 is 25.6 Å². The van der Waals surface area contributed by atoms with Gasteiger partial charge in [-0.25, -0.2) is 0 Å². The van der Waals surface area contributed by atoms with Gasteiger partial charge in [0.15, 0.2) is 0 Å². The number of benzene rings is 6. The van der Waals surface area contributed by atoms with Crippen molar-refractivity contribution in [3.63, 3.8) is 0 Å². The lowest BCUT2D eigenvalue weighted by molar-refractivity contribution is 0.285. The van der Waals surface area contributed by atoms with E-state index in [1.165, 1.54) is 36.8 Å². The summed E-state index contributed by atoms with van der Waals surface area (Å²) in [4.78, 5) is 3.70. The van der Waals surface area contributed by atoms with Gasteiger partial charge in [0.1, 0.15) is 0 Å². The van der Waals surface area contributed by atoms with Crippen molar-refractivity contribution in [3.8, 4) is 6.07 Å². The minimum absolute atomic E-state index is 0.0522. The third-order valence-electron chi connectivity index (χ3n) is 13.3. The van der Waals surface area contributed by atoms with Crippen LogP contribution >= 0.6 is 11.8 Å². The smallest absolute Gasteiger partial charge is 0.261 e. The van der Waals surface area contributed by atoms with Crippen LogP contribution in [0.5, 0.6) is 0 Å². The lowest BCUT2D eigenvalue weighted by Gasteiger charge is -2.44. The normalized spacial score (nSPS) is 15.1. The Morgan fingerprint density at radius 1 is 0.574 bits per heavy atom. The van der Waals surface area contributed by atoms with Crippen LogP contribution in [-0.2, 0) is 14.6 Å². The third kappa shape index (κ3) is 11.7. The highest BCUT2D eigenvalue weighted by molar-refractivity contribution is 8.02. The lowest BCUT2D eigenvalue weighted by Crippen LogP contribution is -2.67. The number of allylic oxidation sites excluding steroid dienone is 4. The van der Waals surface area contributed by atoms with Gasteiger partial charge in [-0.05, 0) is 83.5 Å². The predicted octanol–water partition coefficient (Wildman–Crippen LogP) is 13.1. The second-order valence-corrected chi connectivity index (χ2v) is 30.5. The molecule has 0 N–H and O–H groups in total. The number of thioether (sulfide) groups is 1. The van der Waals surface area contributed by atoms with Crippen LogP contribution in [0.2, 0.25) is 10.1 Å². The van der Waals surface area contributed by atoms with Gasteiger partial charge < -0.3 is 13.8 Å². The average molecular weight is 951 g/mol. The van der Waals surface area contributed by atoms with E-state index in [1.54, 1.807) is 6.08 Å². The van der Waals surface area contributed by atoms with Crippen LogP contribution in [0, 0.1) is 16.7 Å². The fourth-order valence-electron chi connectivity index (χ4n) is 10.2. The molecule has 0 aromatic heterocycles. The van der Waals surface area contributed by atoms with Crippen molar-refractivity contribution >= 4 is 60.9 Å². The molecule has 0 amide bonds. The summed E-state index contributed by atoms with van der Waals surface area (Å²) in [5.41, 5.74) is 6.02. The van der Waals surface area contributed by atoms with E-state index in [2.05, 4.69) is 254 Å². The molecule has 0 radical (unpaired) electrons. The molecule has 1 aliphatic carbocycles. The summed E-state index contributed by atoms with van der Waals surface area (Å²) < 4.78 is 15.0. The van der Waals surface area contributed by atoms with Gasteiger partial charge in [0.05, 0.1) is 19.3 Å². The molecule has 68 heavy (non-hydrogen) atoms. The molecular weight excluding hydrogens is 881 g/mol. The molecule has 0 atom stereocenters.